The fourth-order valence-corrected chi connectivity index (χ4v) is 5.63. The number of allylic oxidation sites excluding steroid dienone is 5. The van der Waals surface area contributed by atoms with Gasteiger partial charge in [-0.05, 0) is 52.0 Å². The standard InChI is InChI=1S/C34H54O9/c1-8-9-10-11-12-20(2)15-22(4)17-23(5)16-21(3)13-14-26(37)34(6,7)27-18-24(36)28(33(41)43-27)32-31(40)30(39)29(38)25(19-35)42-32/h13-14,16-18,20,23,25-26,29-32,35-40H,8-12,15,19H2,1-7H3/p-1/b14-13+,21-16+,22-17-/t20?,23?,25-,26?,29+,30+,31-,32+/m1/s1. The molecule has 0 aliphatic carbocycles. The lowest BCUT2D eigenvalue weighted by atomic mass is 9.82. The van der Waals surface area contributed by atoms with Crippen LogP contribution in [0.4, 0.5) is 0 Å². The average molecular weight is 606 g/mol. The third-order valence-electron chi connectivity index (χ3n) is 8.34. The first-order chi connectivity index (χ1) is 20.1. The first-order valence-corrected chi connectivity index (χ1v) is 15.5. The lowest BCUT2D eigenvalue weighted by Gasteiger charge is -2.40. The molecule has 0 amide bonds. The van der Waals surface area contributed by atoms with Crippen molar-refractivity contribution in [2.24, 2.45) is 11.8 Å². The minimum Gasteiger partial charge on any atom is -0.872 e. The second kappa shape index (κ2) is 16.7. The number of unbranched alkanes of at least 4 members (excludes halogenated alkanes) is 3. The van der Waals surface area contributed by atoms with Crippen LogP contribution in [0.2, 0.25) is 0 Å². The van der Waals surface area contributed by atoms with Crippen molar-refractivity contribution in [3.63, 3.8) is 0 Å². The van der Waals surface area contributed by atoms with Crippen LogP contribution in [-0.4, -0.2) is 62.7 Å². The Morgan fingerprint density at radius 1 is 1.07 bits per heavy atom. The molecule has 1 saturated heterocycles. The van der Waals surface area contributed by atoms with Crippen LogP contribution < -0.4 is 10.7 Å². The van der Waals surface area contributed by atoms with Gasteiger partial charge >= 0.3 is 5.63 Å². The minimum atomic E-state index is -1.80. The number of rotatable bonds is 15. The van der Waals surface area contributed by atoms with Gasteiger partial charge in [0.05, 0.1) is 23.7 Å². The molecule has 0 spiro atoms. The Bertz CT molecular complexity index is 1160. The fourth-order valence-electron chi connectivity index (χ4n) is 5.63. The molecule has 0 bridgehead atoms. The highest BCUT2D eigenvalue weighted by Crippen LogP contribution is 2.36. The van der Waals surface area contributed by atoms with Crippen LogP contribution in [-0.2, 0) is 10.2 Å². The van der Waals surface area contributed by atoms with E-state index in [9.17, 15) is 35.4 Å². The largest absolute Gasteiger partial charge is 0.872 e. The first kappa shape index (κ1) is 36.9. The van der Waals surface area contributed by atoms with Crippen molar-refractivity contribution in [1.29, 1.82) is 0 Å². The van der Waals surface area contributed by atoms with E-state index in [4.69, 9.17) is 9.15 Å². The zero-order chi connectivity index (χ0) is 32.5. The highest BCUT2D eigenvalue weighted by Gasteiger charge is 2.45. The Labute approximate surface area is 256 Å². The monoisotopic (exact) mass is 605 g/mol. The molecule has 5 N–H and O–H groups in total. The van der Waals surface area contributed by atoms with Gasteiger partial charge in [-0.2, -0.15) is 0 Å². The van der Waals surface area contributed by atoms with Crippen LogP contribution in [0.3, 0.4) is 0 Å². The molecule has 1 aliphatic rings. The summed E-state index contributed by atoms with van der Waals surface area (Å²) in [4.78, 5) is 12.9. The molecule has 1 aromatic rings. The molecule has 0 saturated carbocycles. The molecular formula is C34H53O9-. The summed E-state index contributed by atoms with van der Waals surface area (Å²) in [6.07, 6.45) is 6.02. The smallest absolute Gasteiger partial charge is 0.341 e. The highest BCUT2D eigenvalue weighted by molar-refractivity contribution is 5.35. The molecule has 0 aromatic carbocycles. The molecule has 2 heterocycles. The summed E-state index contributed by atoms with van der Waals surface area (Å²) in [5.74, 6) is -0.0192. The van der Waals surface area contributed by atoms with E-state index in [0.717, 1.165) is 18.1 Å². The number of ether oxygens (including phenoxy) is 1. The first-order valence-electron chi connectivity index (χ1n) is 15.5. The number of hydrogen-bond donors (Lipinski definition) is 5. The number of hydrogen-bond acceptors (Lipinski definition) is 9. The normalized spacial score (nSPS) is 26.1. The lowest BCUT2D eigenvalue weighted by Crippen LogP contribution is -2.56. The highest BCUT2D eigenvalue weighted by atomic mass is 16.5. The van der Waals surface area contributed by atoms with Crippen molar-refractivity contribution < 1.29 is 39.8 Å². The van der Waals surface area contributed by atoms with Crippen molar-refractivity contribution in [1.82, 2.24) is 0 Å². The topological polar surface area (TPSA) is 164 Å². The van der Waals surface area contributed by atoms with Gasteiger partial charge in [0, 0.05) is 0 Å². The SMILES string of the molecule is CCCCCCC(C)C/C(C)=C\C(C)/C=C(C)/C=C/C(O)C(C)(C)c1cc([O-])c([C@@H]2O[C@H](CO)[C@H](O)[C@H](O)[C@H]2O)c(=O)o1. The van der Waals surface area contributed by atoms with E-state index in [1.807, 2.05) is 6.92 Å². The molecule has 9 heteroatoms. The third-order valence-corrected chi connectivity index (χ3v) is 8.34. The Morgan fingerprint density at radius 3 is 2.35 bits per heavy atom. The maximum absolute atomic E-state index is 13.0. The van der Waals surface area contributed by atoms with Crippen LogP contribution in [0.5, 0.6) is 5.75 Å². The second-order valence-corrected chi connectivity index (χ2v) is 12.9. The average Bonchev–Trinajstić information content (AvgIpc) is 2.93. The van der Waals surface area contributed by atoms with Crippen LogP contribution in [0.25, 0.3) is 0 Å². The molecule has 8 atom stereocenters. The molecule has 9 nitrogen and oxygen atoms in total. The van der Waals surface area contributed by atoms with Crippen molar-refractivity contribution >= 4 is 0 Å². The van der Waals surface area contributed by atoms with Crippen LogP contribution in [0.15, 0.2) is 50.7 Å². The molecule has 2 rings (SSSR count). The Kier molecular flexibility index (Phi) is 14.3. The maximum Gasteiger partial charge on any atom is 0.341 e. The van der Waals surface area contributed by atoms with Gasteiger partial charge in [-0.1, -0.05) is 94.1 Å². The second-order valence-electron chi connectivity index (χ2n) is 12.9. The van der Waals surface area contributed by atoms with E-state index in [0.29, 0.717) is 5.92 Å². The van der Waals surface area contributed by atoms with Gasteiger partial charge in [0.1, 0.15) is 36.3 Å². The lowest BCUT2D eigenvalue weighted by molar-refractivity contribution is -0.277. The summed E-state index contributed by atoms with van der Waals surface area (Å²) < 4.78 is 10.8. The van der Waals surface area contributed by atoms with Crippen LogP contribution >= 0.6 is 0 Å². The molecular weight excluding hydrogens is 552 g/mol. The van der Waals surface area contributed by atoms with E-state index >= 15 is 0 Å². The van der Waals surface area contributed by atoms with Gasteiger partial charge in [0.15, 0.2) is 0 Å². The number of aliphatic hydroxyl groups excluding tert-OH is 5. The Hall–Kier alpha value is -2.27. The van der Waals surface area contributed by atoms with E-state index in [1.165, 1.54) is 37.7 Å². The van der Waals surface area contributed by atoms with Crippen LogP contribution in [0.1, 0.15) is 104 Å². The van der Waals surface area contributed by atoms with Crippen molar-refractivity contribution in [2.45, 2.75) is 129 Å². The Morgan fingerprint density at radius 2 is 1.74 bits per heavy atom. The Balaban J connectivity index is 2.12. The molecule has 0 radical (unpaired) electrons. The van der Waals surface area contributed by atoms with Gasteiger partial charge in [0.25, 0.3) is 0 Å². The zero-order valence-electron chi connectivity index (χ0n) is 26.8. The fraction of sp³-hybridized carbons (Fsp3) is 0.676. The summed E-state index contributed by atoms with van der Waals surface area (Å²) in [7, 11) is 0. The molecule has 1 aromatic heterocycles. The molecule has 1 aliphatic heterocycles. The van der Waals surface area contributed by atoms with Gasteiger partial charge in [-0.15, -0.1) is 0 Å². The summed E-state index contributed by atoms with van der Waals surface area (Å²) in [5, 5.41) is 63.9. The predicted molar refractivity (Wildman–Crippen MR) is 165 cm³/mol. The summed E-state index contributed by atoms with van der Waals surface area (Å²) in [6.45, 7) is 13.3. The minimum absolute atomic E-state index is 0.0645. The molecule has 3 unspecified atom stereocenters. The van der Waals surface area contributed by atoms with Gasteiger partial charge in [0.2, 0.25) is 0 Å². The van der Waals surface area contributed by atoms with E-state index < -0.39 is 65.6 Å². The van der Waals surface area contributed by atoms with E-state index in [2.05, 4.69) is 39.8 Å². The van der Waals surface area contributed by atoms with Gasteiger partial charge in [-0.25, -0.2) is 4.79 Å². The quantitative estimate of drug-likeness (QED) is 0.113. The van der Waals surface area contributed by atoms with Gasteiger partial charge in [-0.3, -0.25) is 0 Å². The van der Waals surface area contributed by atoms with Crippen molar-refractivity contribution in [3.8, 4) is 5.75 Å². The van der Waals surface area contributed by atoms with Gasteiger partial charge < -0.3 is 39.8 Å². The maximum atomic E-state index is 13.0. The number of aliphatic hydroxyl groups is 5. The third kappa shape index (κ3) is 10.1. The van der Waals surface area contributed by atoms with Crippen LogP contribution in [0, 0.1) is 11.8 Å². The molecule has 43 heavy (non-hydrogen) atoms. The summed E-state index contributed by atoms with van der Waals surface area (Å²) >= 11 is 0. The van der Waals surface area contributed by atoms with Crippen molar-refractivity contribution in [2.75, 3.05) is 6.61 Å². The van der Waals surface area contributed by atoms with E-state index in [1.54, 1.807) is 26.0 Å². The summed E-state index contributed by atoms with van der Waals surface area (Å²) in [5.41, 5.74) is -0.525. The molecule has 244 valence electrons. The molecule has 1 fully saturated rings. The summed E-state index contributed by atoms with van der Waals surface area (Å²) in [6, 6.07) is 1.05. The zero-order valence-corrected chi connectivity index (χ0v) is 26.8. The van der Waals surface area contributed by atoms with E-state index in [-0.39, 0.29) is 11.7 Å². The van der Waals surface area contributed by atoms with Crippen molar-refractivity contribution in [3.05, 3.63) is 63.3 Å². The predicted octanol–water partition coefficient (Wildman–Crippen LogP) is 3.95.